The molecule has 1 aromatic carbocycles. The third-order valence-corrected chi connectivity index (χ3v) is 1.42. The highest BCUT2D eigenvalue weighted by atomic mass is 19.1. The number of urea groups is 1. The van der Waals surface area contributed by atoms with Crippen LogP contribution in [0.1, 0.15) is 10.4 Å². The molecule has 0 fully saturated rings. The van der Waals surface area contributed by atoms with Crippen molar-refractivity contribution < 1.29 is 14.0 Å². The highest BCUT2D eigenvalue weighted by Crippen LogP contribution is 2.04. The number of amides is 3. The quantitative estimate of drug-likeness (QED) is 0.559. The van der Waals surface area contributed by atoms with Gasteiger partial charge < -0.3 is 5.73 Å². The van der Waals surface area contributed by atoms with Gasteiger partial charge in [-0.1, -0.05) is 12.1 Å². The van der Waals surface area contributed by atoms with E-state index >= 15 is 0 Å². The molecule has 74 valence electrons. The molecule has 0 aromatic heterocycles. The molecule has 0 aliphatic heterocycles. The number of hydrogen-bond donors (Lipinski definition) is 3. The Bertz CT molecular complexity index is 367. The first-order valence-electron chi connectivity index (χ1n) is 3.71. The molecule has 1 aromatic rings. The van der Waals surface area contributed by atoms with Gasteiger partial charge in [0.2, 0.25) is 0 Å². The molecule has 0 heterocycles. The molecule has 4 N–H and O–H groups in total. The fourth-order valence-electron chi connectivity index (χ4n) is 0.831. The van der Waals surface area contributed by atoms with Crippen LogP contribution in [0.25, 0.3) is 0 Å². The van der Waals surface area contributed by atoms with Gasteiger partial charge in [0.25, 0.3) is 5.91 Å². The van der Waals surface area contributed by atoms with Crippen molar-refractivity contribution in [1.82, 2.24) is 10.9 Å². The molecule has 0 bridgehead atoms. The summed E-state index contributed by atoms with van der Waals surface area (Å²) in [6, 6.07) is 4.46. The minimum atomic E-state index is -0.922. The number of nitrogens with two attached hydrogens (primary N) is 1. The fourth-order valence-corrected chi connectivity index (χ4v) is 0.831. The van der Waals surface area contributed by atoms with Crippen molar-refractivity contribution >= 4 is 11.9 Å². The van der Waals surface area contributed by atoms with E-state index in [2.05, 4.69) is 0 Å². The van der Waals surface area contributed by atoms with Crippen LogP contribution in [0.2, 0.25) is 0 Å². The van der Waals surface area contributed by atoms with Crippen molar-refractivity contribution in [3.8, 4) is 0 Å². The number of primary amides is 1. The van der Waals surface area contributed by atoms with Crippen molar-refractivity contribution in [3.05, 3.63) is 35.6 Å². The molecule has 0 radical (unpaired) electrons. The SMILES string of the molecule is NC(=O)NNC(=O)c1ccccc1F. The Hall–Kier alpha value is -2.11. The summed E-state index contributed by atoms with van der Waals surface area (Å²) in [5.41, 5.74) is 8.31. The van der Waals surface area contributed by atoms with Crippen LogP contribution in [0.15, 0.2) is 24.3 Å². The lowest BCUT2D eigenvalue weighted by Crippen LogP contribution is -2.44. The van der Waals surface area contributed by atoms with E-state index in [1.165, 1.54) is 18.2 Å². The Morgan fingerprint density at radius 1 is 1.21 bits per heavy atom. The lowest BCUT2D eigenvalue weighted by Gasteiger charge is -2.04. The van der Waals surface area contributed by atoms with Crippen molar-refractivity contribution in [2.24, 2.45) is 5.73 Å². The molecule has 1 rings (SSSR count). The van der Waals surface area contributed by atoms with Crippen molar-refractivity contribution in [2.45, 2.75) is 0 Å². The van der Waals surface area contributed by atoms with Crippen LogP contribution in [-0.4, -0.2) is 11.9 Å². The van der Waals surface area contributed by atoms with Crippen molar-refractivity contribution in [3.63, 3.8) is 0 Å². The normalized spacial score (nSPS) is 9.21. The lowest BCUT2D eigenvalue weighted by atomic mass is 10.2. The standard InChI is InChI=1S/C8H8FN3O2/c9-6-4-2-1-3-5(6)7(13)11-12-8(10)14/h1-4H,(H,11,13)(H3,10,12,14). The highest BCUT2D eigenvalue weighted by Gasteiger charge is 2.09. The van der Waals surface area contributed by atoms with Gasteiger partial charge in [0.05, 0.1) is 5.56 Å². The second-order valence-electron chi connectivity index (χ2n) is 2.42. The fraction of sp³-hybridized carbons (Fsp3) is 0. The third kappa shape index (κ3) is 2.44. The topological polar surface area (TPSA) is 84.2 Å². The summed E-state index contributed by atoms with van der Waals surface area (Å²) < 4.78 is 13.0. The first-order chi connectivity index (χ1) is 6.61. The highest BCUT2D eigenvalue weighted by molar-refractivity contribution is 5.95. The van der Waals surface area contributed by atoms with E-state index in [0.29, 0.717) is 0 Å². The molecule has 14 heavy (non-hydrogen) atoms. The number of nitrogens with one attached hydrogen (secondary N) is 2. The molecule has 0 aliphatic rings. The summed E-state index contributed by atoms with van der Waals surface area (Å²) >= 11 is 0. The lowest BCUT2D eigenvalue weighted by molar-refractivity contribution is 0.0933. The summed E-state index contributed by atoms with van der Waals surface area (Å²) in [4.78, 5) is 21.4. The number of hydrogen-bond acceptors (Lipinski definition) is 2. The van der Waals surface area contributed by atoms with Crippen LogP contribution in [0, 0.1) is 5.82 Å². The number of benzene rings is 1. The minimum Gasteiger partial charge on any atom is -0.350 e. The monoisotopic (exact) mass is 197 g/mol. The van der Waals surface area contributed by atoms with E-state index in [1.54, 1.807) is 0 Å². The zero-order valence-corrected chi connectivity index (χ0v) is 7.08. The van der Waals surface area contributed by atoms with Crippen molar-refractivity contribution in [2.75, 3.05) is 0 Å². The van der Waals surface area contributed by atoms with Crippen LogP contribution in [0.3, 0.4) is 0 Å². The van der Waals surface area contributed by atoms with E-state index in [4.69, 9.17) is 5.73 Å². The Kier molecular flexibility index (Phi) is 3.01. The van der Waals surface area contributed by atoms with Gasteiger partial charge in [-0.05, 0) is 12.1 Å². The largest absolute Gasteiger partial charge is 0.350 e. The average molecular weight is 197 g/mol. The van der Waals surface area contributed by atoms with Gasteiger partial charge in [-0.2, -0.15) is 0 Å². The van der Waals surface area contributed by atoms with Crippen molar-refractivity contribution in [1.29, 1.82) is 0 Å². The maximum Gasteiger partial charge on any atom is 0.330 e. The molecular weight excluding hydrogens is 189 g/mol. The molecule has 0 aliphatic carbocycles. The maximum absolute atomic E-state index is 13.0. The van der Waals surface area contributed by atoms with Crippen LogP contribution >= 0.6 is 0 Å². The number of carbonyl (C=O) groups is 2. The van der Waals surface area contributed by atoms with E-state index in [1.807, 2.05) is 10.9 Å². The summed E-state index contributed by atoms with van der Waals surface area (Å²) in [6.45, 7) is 0. The van der Waals surface area contributed by atoms with Gasteiger partial charge in [-0.3, -0.25) is 10.2 Å². The Labute approximate surface area is 79.1 Å². The van der Waals surface area contributed by atoms with E-state index in [9.17, 15) is 14.0 Å². The molecule has 6 heteroatoms. The molecule has 0 saturated carbocycles. The van der Waals surface area contributed by atoms with E-state index in [-0.39, 0.29) is 5.56 Å². The predicted octanol–water partition coefficient (Wildman–Crippen LogP) is 0.139. The summed E-state index contributed by atoms with van der Waals surface area (Å²) in [7, 11) is 0. The minimum absolute atomic E-state index is 0.166. The number of rotatable bonds is 1. The second-order valence-corrected chi connectivity index (χ2v) is 2.42. The maximum atomic E-state index is 13.0. The molecule has 0 atom stereocenters. The third-order valence-electron chi connectivity index (χ3n) is 1.42. The average Bonchev–Trinajstić information content (AvgIpc) is 2.15. The van der Waals surface area contributed by atoms with Crippen LogP contribution in [0.5, 0.6) is 0 Å². The van der Waals surface area contributed by atoms with Gasteiger partial charge in [-0.25, -0.2) is 14.6 Å². The predicted molar refractivity (Wildman–Crippen MR) is 46.6 cm³/mol. The smallest absolute Gasteiger partial charge is 0.330 e. The van der Waals surface area contributed by atoms with Gasteiger partial charge in [-0.15, -0.1) is 0 Å². The first-order valence-corrected chi connectivity index (χ1v) is 3.71. The number of carbonyl (C=O) groups excluding carboxylic acids is 2. The van der Waals surface area contributed by atoms with Crippen LogP contribution < -0.4 is 16.6 Å². The molecule has 0 spiro atoms. The Balaban J connectivity index is 2.70. The number of halogens is 1. The van der Waals surface area contributed by atoms with Crippen LogP contribution in [0.4, 0.5) is 9.18 Å². The first kappa shape index (κ1) is 9.97. The van der Waals surface area contributed by atoms with Gasteiger partial charge in [0.15, 0.2) is 0 Å². The zero-order valence-electron chi connectivity index (χ0n) is 7.08. The summed E-state index contributed by atoms with van der Waals surface area (Å²) in [5, 5.41) is 0. The van der Waals surface area contributed by atoms with Gasteiger partial charge in [0.1, 0.15) is 5.82 Å². The Morgan fingerprint density at radius 3 is 2.43 bits per heavy atom. The van der Waals surface area contributed by atoms with E-state index in [0.717, 1.165) is 6.07 Å². The van der Waals surface area contributed by atoms with E-state index < -0.39 is 17.8 Å². The Morgan fingerprint density at radius 2 is 1.86 bits per heavy atom. The summed E-state index contributed by atoms with van der Waals surface area (Å²) in [6.07, 6.45) is 0. The second kappa shape index (κ2) is 4.22. The summed E-state index contributed by atoms with van der Waals surface area (Å²) in [5.74, 6) is -1.43. The molecule has 3 amide bonds. The molecule has 0 saturated heterocycles. The van der Waals surface area contributed by atoms with Crippen LogP contribution in [-0.2, 0) is 0 Å². The molecule has 0 unspecified atom stereocenters. The molecule has 5 nitrogen and oxygen atoms in total. The van der Waals surface area contributed by atoms with Gasteiger partial charge >= 0.3 is 6.03 Å². The molecular formula is C8H8FN3O2. The van der Waals surface area contributed by atoms with Gasteiger partial charge in [0, 0.05) is 0 Å². The number of hydrazine groups is 1. The zero-order chi connectivity index (χ0) is 10.6.